The fraction of sp³-hybridized carbons (Fsp3) is 0.333. The van der Waals surface area contributed by atoms with Crippen LogP contribution in [0.3, 0.4) is 0 Å². The summed E-state index contributed by atoms with van der Waals surface area (Å²) in [5.74, 6) is 0.0558. The van der Waals surface area contributed by atoms with E-state index in [1.807, 2.05) is 13.0 Å². The summed E-state index contributed by atoms with van der Waals surface area (Å²) in [4.78, 5) is 16.3. The zero-order valence-corrected chi connectivity index (χ0v) is 17.3. The molecule has 1 unspecified atom stereocenters. The van der Waals surface area contributed by atoms with Crippen LogP contribution in [-0.4, -0.2) is 40.0 Å². The molecule has 0 bridgehead atoms. The Morgan fingerprint density at radius 2 is 2.11 bits per heavy atom. The van der Waals surface area contributed by atoms with E-state index in [0.29, 0.717) is 27.2 Å². The Morgan fingerprint density at radius 3 is 2.82 bits per heavy atom. The quantitative estimate of drug-likeness (QED) is 0.514. The molecule has 3 rings (SSSR count). The molecule has 1 heterocycles. The van der Waals surface area contributed by atoms with Gasteiger partial charge in [-0.15, -0.1) is 0 Å². The Kier molecular flexibility index (Phi) is 6.32. The van der Waals surface area contributed by atoms with Crippen LogP contribution < -0.4 is 9.46 Å². The maximum atomic E-state index is 12.1. The highest BCUT2D eigenvalue weighted by atomic mass is 35.5. The average Bonchev–Trinajstić information content (AvgIpc) is 3.18. The molecule has 0 fully saturated rings. The number of benzene rings is 1. The third-order valence-electron chi connectivity index (χ3n) is 4.20. The molecule has 0 aromatic heterocycles. The van der Waals surface area contributed by atoms with Crippen LogP contribution in [0.2, 0.25) is 10.0 Å². The first-order valence-corrected chi connectivity index (χ1v) is 10.8. The number of nitrogens with zero attached hydrogens (tertiary/aromatic N) is 1. The summed E-state index contributed by atoms with van der Waals surface area (Å²) < 4.78 is 37.0. The van der Waals surface area contributed by atoms with Gasteiger partial charge in [-0.25, -0.2) is 13.2 Å². The average molecular weight is 445 g/mol. The lowest BCUT2D eigenvalue weighted by atomic mass is 9.99. The maximum Gasteiger partial charge on any atom is 0.344 e. The Balaban J connectivity index is 1.49. The van der Waals surface area contributed by atoms with Crippen LogP contribution >= 0.6 is 23.2 Å². The van der Waals surface area contributed by atoms with Gasteiger partial charge in [0.2, 0.25) is 0 Å². The highest BCUT2D eigenvalue weighted by Crippen LogP contribution is 2.35. The van der Waals surface area contributed by atoms with Crippen LogP contribution in [0.5, 0.6) is 5.75 Å². The van der Waals surface area contributed by atoms with Crippen molar-refractivity contribution >= 4 is 45.0 Å². The smallest absolute Gasteiger partial charge is 0.344 e. The third kappa shape index (κ3) is 4.51. The molecule has 1 aliphatic heterocycles. The van der Waals surface area contributed by atoms with E-state index in [4.69, 9.17) is 32.7 Å². The Labute approximate surface area is 173 Å². The van der Waals surface area contributed by atoms with Gasteiger partial charge in [-0.3, -0.25) is 9.71 Å². The van der Waals surface area contributed by atoms with E-state index in [9.17, 15) is 13.2 Å². The van der Waals surface area contributed by atoms with Gasteiger partial charge < -0.3 is 9.47 Å². The second-order valence-corrected chi connectivity index (χ2v) is 8.57. The molecule has 150 valence electrons. The highest BCUT2D eigenvalue weighted by Gasteiger charge is 2.38. The molecule has 1 N–H and O–H groups in total. The van der Waals surface area contributed by atoms with E-state index in [1.165, 1.54) is 6.07 Å². The van der Waals surface area contributed by atoms with Crippen molar-refractivity contribution in [2.75, 3.05) is 19.8 Å². The van der Waals surface area contributed by atoms with Crippen molar-refractivity contribution < 1.29 is 22.7 Å². The van der Waals surface area contributed by atoms with Crippen LogP contribution in [0, 0.1) is 5.92 Å². The number of rotatable bonds is 7. The molecule has 7 nitrogen and oxygen atoms in total. The molecule has 1 aliphatic carbocycles. The number of esters is 1. The summed E-state index contributed by atoms with van der Waals surface area (Å²) in [5.41, 5.74) is 0.676. The van der Waals surface area contributed by atoms with E-state index in [2.05, 4.69) is 9.71 Å². The first kappa shape index (κ1) is 20.7. The number of halogens is 2. The molecule has 2 aliphatic rings. The number of nitrogens with one attached hydrogen (secondary N) is 1. The lowest BCUT2D eigenvalue weighted by Gasteiger charge is -2.10. The number of carbonyl (C=O) groups is 1. The van der Waals surface area contributed by atoms with Gasteiger partial charge >= 0.3 is 5.97 Å². The second kappa shape index (κ2) is 8.55. The van der Waals surface area contributed by atoms with Gasteiger partial charge in [-0.2, -0.15) is 0 Å². The summed E-state index contributed by atoms with van der Waals surface area (Å²) >= 11 is 11.8. The van der Waals surface area contributed by atoms with Crippen LogP contribution in [-0.2, 0) is 19.6 Å². The lowest BCUT2D eigenvalue weighted by molar-refractivity contribution is -0.145. The molecular weight excluding hydrogens is 427 g/mol. The Bertz CT molecular complexity index is 986. The topological polar surface area (TPSA) is 94.1 Å². The monoisotopic (exact) mass is 444 g/mol. The molecule has 0 saturated heterocycles. The van der Waals surface area contributed by atoms with Gasteiger partial charge in [0.1, 0.15) is 18.2 Å². The highest BCUT2D eigenvalue weighted by molar-refractivity contribution is 7.94. The first-order valence-electron chi connectivity index (χ1n) is 8.55. The number of hydrogen-bond acceptors (Lipinski definition) is 6. The number of hydrogen-bond donors (Lipinski definition) is 1. The minimum atomic E-state index is -3.55. The number of aliphatic imine (C=N–C) groups is 1. The first-order chi connectivity index (χ1) is 13.3. The standard InChI is InChI=1S/C18H18Cl2N2O5S/c1-2-11-3-6-15-17(11)18(22-28(15,24)25)21-7-8-26-16(23)10-27-14-5-4-12(19)9-13(14)20/h3-6,9,11H,2,7-8,10H2,1H3,(H,21,22). The maximum absolute atomic E-state index is 12.1. The van der Waals surface area contributed by atoms with E-state index in [0.717, 1.165) is 6.42 Å². The molecule has 1 atom stereocenters. The molecule has 1 aromatic carbocycles. The minimum Gasteiger partial charge on any atom is -0.480 e. The molecule has 1 aromatic rings. The van der Waals surface area contributed by atoms with Gasteiger partial charge in [-0.1, -0.05) is 36.2 Å². The number of carbonyl (C=O) groups excluding carboxylic acids is 1. The number of ether oxygens (including phenoxy) is 2. The van der Waals surface area contributed by atoms with Crippen LogP contribution in [0.15, 0.2) is 45.8 Å². The SMILES string of the molecule is CCC1C=CC2=C1C(=NCCOC(=O)COc1ccc(Cl)cc1Cl)NS2(=O)=O. The van der Waals surface area contributed by atoms with Crippen LogP contribution in [0.4, 0.5) is 0 Å². The van der Waals surface area contributed by atoms with Gasteiger partial charge in [0, 0.05) is 16.5 Å². The van der Waals surface area contributed by atoms with Crippen molar-refractivity contribution in [1.29, 1.82) is 0 Å². The molecule has 28 heavy (non-hydrogen) atoms. The Morgan fingerprint density at radius 1 is 1.32 bits per heavy atom. The minimum absolute atomic E-state index is 0.00535. The van der Waals surface area contributed by atoms with Crippen molar-refractivity contribution in [3.63, 3.8) is 0 Å². The molecular formula is C18H18Cl2N2O5S. The van der Waals surface area contributed by atoms with E-state index in [-0.39, 0.29) is 30.6 Å². The Hall–Kier alpha value is -2.03. The molecule has 0 radical (unpaired) electrons. The van der Waals surface area contributed by atoms with Gasteiger partial charge in [0.15, 0.2) is 6.61 Å². The van der Waals surface area contributed by atoms with Gasteiger partial charge in [0.25, 0.3) is 10.0 Å². The number of amidine groups is 1. The second-order valence-electron chi connectivity index (χ2n) is 6.07. The number of sulfonamides is 1. The summed E-state index contributed by atoms with van der Waals surface area (Å²) in [6, 6.07) is 4.66. The van der Waals surface area contributed by atoms with Crippen molar-refractivity contribution in [3.05, 3.63) is 50.9 Å². The van der Waals surface area contributed by atoms with Crippen LogP contribution in [0.25, 0.3) is 0 Å². The van der Waals surface area contributed by atoms with E-state index in [1.54, 1.807) is 18.2 Å². The molecule has 0 amide bonds. The molecule has 0 saturated carbocycles. The largest absolute Gasteiger partial charge is 0.480 e. The van der Waals surface area contributed by atoms with Crippen molar-refractivity contribution in [1.82, 2.24) is 4.72 Å². The van der Waals surface area contributed by atoms with E-state index >= 15 is 0 Å². The van der Waals surface area contributed by atoms with Gasteiger partial charge in [-0.05, 0) is 30.7 Å². The lowest BCUT2D eigenvalue weighted by Crippen LogP contribution is -2.26. The molecule has 10 heteroatoms. The molecule has 0 spiro atoms. The van der Waals surface area contributed by atoms with Gasteiger partial charge in [0.05, 0.1) is 16.5 Å². The predicted octanol–water partition coefficient (Wildman–Crippen LogP) is 3.10. The zero-order chi connectivity index (χ0) is 20.3. The fourth-order valence-corrected chi connectivity index (χ4v) is 4.68. The predicted molar refractivity (Wildman–Crippen MR) is 107 cm³/mol. The van der Waals surface area contributed by atoms with Crippen molar-refractivity contribution in [2.24, 2.45) is 10.9 Å². The summed E-state index contributed by atoms with van der Waals surface area (Å²) in [5, 5.41) is 0.752. The van der Waals surface area contributed by atoms with Crippen LogP contribution in [0.1, 0.15) is 13.3 Å². The summed E-state index contributed by atoms with van der Waals surface area (Å²) in [6.45, 7) is 1.77. The van der Waals surface area contributed by atoms with E-state index < -0.39 is 16.0 Å². The van der Waals surface area contributed by atoms with Crippen molar-refractivity contribution in [3.8, 4) is 5.75 Å². The summed E-state index contributed by atoms with van der Waals surface area (Å²) in [7, 11) is -3.55. The zero-order valence-electron chi connectivity index (χ0n) is 14.9. The number of allylic oxidation sites excluding steroid dienone is 2. The fourth-order valence-electron chi connectivity index (χ4n) is 2.88. The normalized spacial score (nSPS) is 21.0. The third-order valence-corrected chi connectivity index (χ3v) is 6.12. The summed E-state index contributed by atoms with van der Waals surface area (Å²) in [6.07, 6.45) is 4.23. The van der Waals surface area contributed by atoms with Crippen molar-refractivity contribution in [2.45, 2.75) is 13.3 Å².